The lowest BCUT2D eigenvalue weighted by atomic mass is 9.93. The molecule has 1 aliphatic heterocycles. The van der Waals surface area contributed by atoms with Crippen LogP contribution in [-0.2, 0) is 4.79 Å². The molecule has 2 aliphatic rings. The van der Waals surface area contributed by atoms with E-state index < -0.39 is 0 Å². The van der Waals surface area contributed by atoms with Gasteiger partial charge in [0.1, 0.15) is 0 Å². The van der Waals surface area contributed by atoms with Crippen LogP contribution in [0.25, 0.3) is 0 Å². The quantitative estimate of drug-likeness (QED) is 0.679. The second-order valence-electron chi connectivity index (χ2n) is 6.51. The summed E-state index contributed by atoms with van der Waals surface area (Å²) in [6.45, 7) is 0. The summed E-state index contributed by atoms with van der Waals surface area (Å²) >= 11 is 0. The Morgan fingerprint density at radius 1 is 0.923 bits per heavy atom. The molecule has 0 bridgehead atoms. The van der Waals surface area contributed by atoms with Crippen molar-refractivity contribution in [3.63, 3.8) is 0 Å². The zero-order valence-corrected chi connectivity index (χ0v) is 14.1. The van der Waals surface area contributed by atoms with Gasteiger partial charge < -0.3 is 5.32 Å². The molecule has 0 fully saturated rings. The molecule has 3 amide bonds. The second-order valence-corrected chi connectivity index (χ2v) is 6.51. The number of hydrogen-bond acceptors (Lipinski definition) is 3. The van der Waals surface area contributed by atoms with Crippen molar-refractivity contribution in [3.05, 3.63) is 71.8 Å². The third-order valence-corrected chi connectivity index (χ3v) is 4.83. The van der Waals surface area contributed by atoms with E-state index in [0.29, 0.717) is 22.5 Å². The van der Waals surface area contributed by atoms with Gasteiger partial charge in [-0.3, -0.25) is 14.4 Å². The zero-order chi connectivity index (χ0) is 18.1. The van der Waals surface area contributed by atoms with Gasteiger partial charge in [-0.1, -0.05) is 24.3 Å². The van der Waals surface area contributed by atoms with E-state index >= 15 is 0 Å². The van der Waals surface area contributed by atoms with Crippen molar-refractivity contribution in [1.82, 2.24) is 0 Å². The van der Waals surface area contributed by atoms with E-state index in [1.807, 2.05) is 6.08 Å². The highest BCUT2D eigenvalue weighted by Gasteiger charge is 2.36. The van der Waals surface area contributed by atoms with Crippen LogP contribution >= 0.6 is 0 Å². The van der Waals surface area contributed by atoms with Gasteiger partial charge in [-0.25, -0.2) is 4.90 Å². The van der Waals surface area contributed by atoms with Gasteiger partial charge in [0, 0.05) is 11.6 Å². The van der Waals surface area contributed by atoms with Crippen molar-refractivity contribution in [2.24, 2.45) is 5.92 Å². The minimum Gasteiger partial charge on any atom is -0.326 e. The first-order valence-electron chi connectivity index (χ1n) is 8.69. The Kier molecular flexibility index (Phi) is 4.13. The third-order valence-electron chi connectivity index (χ3n) is 4.83. The van der Waals surface area contributed by atoms with Gasteiger partial charge in [-0.2, -0.15) is 0 Å². The average Bonchev–Trinajstić information content (AvgIpc) is 2.94. The van der Waals surface area contributed by atoms with E-state index in [4.69, 9.17) is 0 Å². The van der Waals surface area contributed by atoms with E-state index in [-0.39, 0.29) is 23.6 Å². The van der Waals surface area contributed by atoms with Crippen molar-refractivity contribution < 1.29 is 14.4 Å². The number of amides is 3. The predicted molar refractivity (Wildman–Crippen MR) is 99.1 cm³/mol. The lowest BCUT2D eigenvalue weighted by Gasteiger charge is -2.18. The Balaban J connectivity index is 1.50. The number of allylic oxidation sites excluding steroid dienone is 2. The topological polar surface area (TPSA) is 66.5 Å². The molecule has 1 aliphatic carbocycles. The zero-order valence-electron chi connectivity index (χ0n) is 14.1. The molecule has 1 atom stereocenters. The van der Waals surface area contributed by atoms with Crippen LogP contribution in [0.4, 0.5) is 11.4 Å². The van der Waals surface area contributed by atoms with Gasteiger partial charge in [0.2, 0.25) is 5.91 Å². The fourth-order valence-corrected chi connectivity index (χ4v) is 3.39. The molecule has 4 rings (SSSR count). The number of hydrogen-bond donors (Lipinski definition) is 1. The van der Waals surface area contributed by atoms with Crippen LogP contribution in [0.15, 0.2) is 60.7 Å². The summed E-state index contributed by atoms with van der Waals surface area (Å²) < 4.78 is 0. The molecular formula is C21H18N2O3. The molecule has 0 unspecified atom stereocenters. The summed E-state index contributed by atoms with van der Waals surface area (Å²) in [5, 5.41) is 2.91. The molecular weight excluding hydrogens is 328 g/mol. The van der Waals surface area contributed by atoms with Crippen molar-refractivity contribution in [1.29, 1.82) is 0 Å². The van der Waals surface area contributed by atoms with Gasteiger partial charge in [-0.15, -0.1) is 0 Å². The highest BCUT2D eigenvalue weighted by molar-refractivity contribution is 6.34. The maximum absolute atomic E-state index is 12.5. The maximum atomic E-state index is 12.5. The molecule has 0 saturated heterocycles. The molecule has 5 heteroatoms. The monoisotopic (exact) mass is 346 g/mol. The van der Waals surface area contributed by atoms with Gasteiger partial charge in [0.15, 0.2) is 0 Å². The molecule has 26 heavy (non-hydrogen) atoms. The highest BCUT2D eigenvalue weighted by atomic mass is 16.2. The number of carbonyl (C=O) groups is 3. The van der Waals surface area contributed by atoms with E-state index in [9.17, 15) is 14.4 Å². The Morgan fingerprint density at radius 3 is 2.15 bits per heavy atom. The number of imide groups is 1. The van der Waals surface area contributed by atoms with Gasteiger partial charge in [0.05, 0.1) is 16.8 Å². The molecule has 0 saturated carbocycles. The second kappa shape index (κ2) is 6.59. The highest BCUT2D eigenvalue weighted by Crippen LogP contribution is 2.29. The largest absolute Gasteiger partial charge is 0.326 e. The number of benzene rings is 2. The summed E-state index contributed by atoms with van der Waals surface area (Å²) in [6.07, 6.45) is 6.69. The average molecular weight is 346 g/mol. The van der Waals surface area contributed by atoms with Gasteiger partial charge in [0.25, 0.3) is 11.8 Å². The lowest BCUT2D eigenvalue weighted by molar-refractivity contribution is -0.120. The Labute approximate surface area is 151 Å². The maximum Gasteiger partial charge on any atom is 0.266 e. The van der Waals surface area contributed by atoms with E-state index in [1.165, 1.54) is 4.90 Å². The molecule has 0 radical (unpaired) electrons. The Hall–Kier alpha value is -3.21. The molecule has 0 aromatic heterocycles. The predicted octanol–water partition coefficient (Wildman–Crippen LogP) is 3.78. The Bertz CT molecular complexity index is 880. The third kappa shape index (κ3) is 2.81. The number of nitrogens with zero attached hydrogens (tertiary/aromatic N) is 1. The van der Waals surface area contributed by atoms with E-state index in [0.717, 1.165) is 19.3 Å². The molecule has 1 N–H and O–H groups in total. The fourth-order valence-electron chi connectivity index (χ4n) is 3.39. The SMILES string of the molecule is O=C(Nc1ccc(N2C(=O)c3ccccc3C2=O)cc1)[C@@H]1CC=CCC1. The molecule has 2 aromatic carbocycles. The number of carbonyl (C=O) groups excluding carboxylic acids is 3. The van der Waals surface area contributed by atoms with E-state index in [1.54, 1.807) is 48.5 Å². The van der Waals surface area contributed by atoms with E-state index in [2.05, 4.69) is 11.4 Å². The first-order valence-corrected chi connectivity index (χ1v) is 8.69. The summed E-state index contributed by atoms with van der Waals surface area (Å²) in [5.74, 6) is -0.647. The molecule has 5 nitrogen and oxygen atoms in total. The first-order chi connectivity index (χ1) is 12.6. The van der Waals surface area contributed by atoms with Crippen LogP contribution in [-0.4, -0.2) is 17.7 Å². The number of anilines is 2. The first kappa shape index (κ1) is 16.3. The van der Waals surface area contributed by atoms with Gasteiger partial charge >= 0.3 is 0 Å². The molecule has 0 spiro atoms. The van der Waals surface area contributed by atoms with Crippen molar-refractivity contribution in [2.45, 2.75) is 19.3 Å². The standard InChI is InChI=1S/C21H18N2O3/c24-19(14-6-2-1-3-7-14)22-15-10-12-16(13-11-15)23-20(25)17-8-4-5-9-18(17)21(23)26/h1-2,4-5,8-14H,3,6-7H2,(H,22,24)/t14-/m1/s1. The molecule has 130 valence electrons. The summed E-state index contributed by atoms with van der Waals surface area (Å²) in [4.78, 5) is 38.5. The minimum absolute atomic E-state index is 0.00262. The normalized spacial score (nSPS) is 18.8. The number of rotatable bonds is 3. The van der Waals surface area contributed by atoms with Crippen LogP contribution in [0.1, 0.15) is 40.0 Å². The number of fused-ring (bicyclic) bond motifs is 1. The van der Waals surface area contributed by atoms with Crippen molar-refractivity contribution in [3.8, 4) is 0 Å². The lowest BCUT2D eigenvalue weighted by Crippen LogP contribution is -2.29. The molecule has 1 heterocycles. The summed E-state index contributed by atoms with van der Waals surface area (Å²) in [7, 11) is 0. The minimum atomic E-state index is -0.323. The van der Waals surface area contributed by atoms with Crippen LogP contribution < -0.4 is 10.2 Å². The van der Waals surface area contributed by atoms with Crippen LogP contribution in [0.5, 0.6) is 0 Å². The van der Waals surface area contributed by atoms with Crippen molar-refractivity contribution >= 4 is 29.1 Å². The van der Waals surface area contributed by atoms with Crippen LogP contribution in [0.3, 0.4) is 0 Å². The fraction of sp³-hybridized carbons (Fsp3) is 0.190. The van der Waals surface area contributed by atoms with Crippen LogP contribution in [0, 0.1) is 5.92 Å². The smallest absolute Gasteiger partial charge is 0.266 e. The number of nitrogens with one attached hydrogen (secondary N) is 1. The molecule has 2 aromatic rings. The van der Waals surface area contributed by atoms with Crippen LogP contribution in [0.2, 0.25) is 0 Å². The Morgan fingerprint density at radius 2 is 1.58 bits per heavy atom. The summed E-state index contributed by atoms with van der Waals surface area (Å²) in [5.41, 5.74) is 1.99. The summed E-state index contributed by atoms with van der Waals surface area (Å²) in [6, 6.07) is 13.6. The van der Waals surface area contributed by atoms with Gasteiger partial charge in [-0.05, 0) is 55.7 Å². The van der Waals surface area contributed by atoms with Crippen molar-refractivity contribution in [2.75, 3.05) is 10.2 Å².